The molecule has 1 aliphatic heterocycles. The third-order valence-electron chi connectivity index (χ3n) is 4.90. The van der Waals surface area contributed by atoms with Gasteiger partial charge in [0.05, 0.1) is 18.2 Å². The number of piperidine rings is 1. The first-order chi connectivity index (χ1) is 15.0. The van der Waals surface area contributed by atoms with E-state index in [1.54, 1.807) is 24.9 Å². The lowest BCUT2D eigenvalue weighted by Crippen LogP contribution is -2.41. The van der Waals surface area contributed by atoms with E-state index in [0.29, 0.717) is 28.1 Å². The van der Waals surface area contributed by atoms with Gasteiger partial charge in [-0.15, -0.1) is 0 Å². The number of rotatable bonds is 6. The molecule has 0 bridgehead atoms. The first kappa shape index (κ1) is 20.8. The second-order valence-corrected chi connectivity index (χ2v) is 8.00. The van der Waals surface area contributed by atoms with E-state index in [4.69, 9.17) is 4.74 Å². The van der Waals surface area contributed by atoms with Crippen molar-refractivity contribution in [2.45, 2.75) is 26.7 Å². The largest absolute Gasteiger partial charge is 0.462 e. The van der Waals surface area contributed by atoms with Gasteiger partial charge >= 0.3 is 5.97 Å². The second kappa shape index (κ2) is 9.16. The van der Waals surface area contributed by atoms with Gasteiger partial charge in [-0.05, 0) is 26.7 Å². The minimum Gasteiger partial charge on any atom is -0.462 e. The van der Waals surface area contributed by atoms with Crippen molar-refractivity contribution >= 4 is 34.2 Å². The van der Waals surface area contributed by atoms with Gasteiger partial charge in [-0.2, -0.15) is 5.10 Å². The number of thiazole rings is 1. The Labute approximate surface area is 182 Å². The van der Waals surface area contributed by atoms with E-state index in [2.05, 4.69) is 35.3 Å². The maximum absolute atomic E-state index is 12.9. The van der Waals surface area contributed by atoms with Crippen LogP contribution in [0.1, 0.15) is 35.1 Å². The number of ether oxygens (including phenoxy) is 1. The van der Waals surface area contributed by atoms with Crippen molar-refractivity contribution in [1.29, 1.82) is 0 Å². The van der Waals surface area contributed by atoms with E-state index in [1.807, 2.05) is 6.07 Å². The molecule has 12 heteroatoms. The Hall–Kier alpha value is -3.41. The van der Waals surface area contributed by atoms with Crippen LogP contribution in [0.15, 0.2) is 25.0 Å². The Kier molecular flexibility index (Phi) is 6.16. The van der Waals surface area contributed by atoms with Gasteiger partial charge in [-0.1, -0.05) is 11.3 Å². The zero-order chi connectivity index (χ0) is 21.8. The fourth-order valence-corrected chi connectivity index (χ4v) is 4.27. The summed E-state index contributed by atoms with van der Waals surface area (Å²) in [6.45, 7) is 5.08. The third-order valence-corrected chi connectivity index (χ3v) is 5.95. The van der Waals surface area contributed by atoms with Crippen LogP contribution in [0.3, 0.4) is 0 Å². The lowest BCUT2D eigenvalue weighted by Gasteiger charge is -2.32. The second-order valence-electron chi connectivity index (χ2n) is 7.00. The quantitative estimate of drug-likeness (QED) is 0.569. The lowest BCUT2D eigenvalue weighted by molar-refractivity contribution is -0.120. The van der Waals surface area contributed by atoms with Crippen LogP contribution in [-0.4, -0.2) is 61.3 Å². The predicted octanol–water partition coefficient (Wildman–Crippen LogP) is 1.85. The summed E-state index contributed by atoms with van der Waals surface area (Å²) in [5.41, 5.74) is 0.547. The van der Waals surface area contributed by atoms with Crippen molar-refractivity contribution in [3.05, 3.63) is 35.6 Å². The van der Waals surface area contributed by atoms with Crippen LogP contribution in [0, 0.1) is 12.8 Å². The Balaban J connectivity index is 1.43. The predicted molar refractivity (Wildman–Crippen MR) is 113 cm³/mol. The molecule has 4 rings (SSSR count). The van der Waals surface area contributed by atoms with Crippen LogP contribution in [-0.2, 0) is 9.53 Å². The number of carbonyl (C=O) groups excluding carboxylic acids is 2. The minimum absolute atomic E-state index is 0.126. The highest BCUT2D eigenvalue weighted by molar-refractivity contribution is 7.17. The summed E-state index contributed by atoms with van der Waals surface area (Å²) in [5.74, 6) is 0.563. The number of anilines is 2. The number of hydrogen-bond donors (Lipinski definition) is 1. The number of aromatic nitrogens is 6. The summed E-state index contributed by atoms with van der Waals surface area (Å²) in [7, 11) is 0. The fourth-order valence-electron chi connectivity index (χ4n) is 3.40. The van der Waals surface area contributed by atoms with Crippen LogP contribution in [0.2, 0.25) is 0 Å². The summed E-state index contributed by atoms with van der Waals surface area (Å²) in [5, 5.41) is 7.35. The van der Waals surface area contributed by atoms with Gasteiger partial charge in [0.25, 0.3) is 0 Å². The highest BCUT2D eigenvalue weighted by atomic mass is 32.1. The average molecular weight is 443 g/mol. The number of hydrogen-bond acceptors (Lipinski definition) is 10. The molecule has 31 heavy (non-hydrogen) atoms. The molecule has 1 saturated heterocycles. The molecule has 0 aliphatic carbocycles. The van der Waals surface area contributed by atoms with Gasteiger partial charge < -0.3 is 15.0 Å². The molecule has 1 fully saturated rings. The van der Waals surface area contributed by atoms with Gasteiger partial charge in [0.2, 0.25) is 5.91 Å². The first-order valence-electron chi connectivity index (χ1n) is 9.92. The van der Waals surface area contributed by atoms with E-state index < -0.39 is 5.97 Å². The van der Waals surface area contributed by atoms with Gasteiger partial charge in [-0.3, -0.25) is 4.79 Å². The topological polar surface area (TPSA) is 128 Å². The molecule has 11 nitrogen and oxygen atoms in total. The van der Waals surface area contributed by atoms with E-state index in [-0.39, 0.29) is 18.4 Å². The van der Waals surface area contributed by atoms with Crippen molar-refractivity contribution < 1.29 is 14.3 Å². The summed E-state index contributed by atoms with van der Waals surface area (Å²) >= 11 is 1.13. The highest BCUT2D eigenvalue weighted by Crippen LogP contribution is 2.26. The Morgan fingerprint density at radius 3 is 2.90 bits per heavy atom. The molecule has 0 saturated carbocycles. The van der Waals surface area contributed by atoms with Crippen molar-refractivity contribution in [3.8, 4) is 5.82 Å². The number of esters is 1. The van der Waals surface area contributed by atoms with E-state index in [0.717, 1.165) is 36.5 Å². The van der Waals surface area contributed by atoms with E-state index >= 15 is 0 Å². The normalized spacial score (nSPS) is 16.2. The zero-order valence-electron chi connectivity index (χ0n) is 17.2. The summed E-state index contributed by atoms with van der Waals surface area (Å²) in [6.07, 6.45) is 6.10. The molecule has 1 amide bonds. The molecule has 1 aliphatic rings. The first-order valence-corrected chi connectivity index (χ1v) is 10.7. The number of nitrogens with one attached hydrogen (secondary N) is 1. The molecular formula is C19H22N8O3S. The van der Waals surface area contributed by atoms with E-state index in [9.17, 15) is 9.59 Å². The smallest absolute Gasteiger partial charge is 0.350 e. The monoisotopic (exact) mass is 442 g/mol. The molecule has 0 radical (unpaired) electrons. The van der Waals surface area contributed by atoms with Crippen LogP contribution >= 0.6 is 11.3 Å². The third kappa shape index (κ3) is 4.68. The highest BCUT2D eigenvalue weighted by Gasteiger charge is 2.28. The van der Waals surface area contributed by atoms with Crippen LogP contribution in [0.25, 0.3) is 5.82 Å². The molecule has 162 valence electrons. The van der Waals surface area contributed by atoms with Crippen molar-refractivity contribution in [1.82, 2.24) is 29.7 Å². The maximum Gasteiger partial charge on any atom is 0.350 e. The SMILES string of the molecule is CCOC(=O)c1sc(NC(=O)C2CCCN(c3cc(-n4cncn4)ncn3)C2)nc1C. The molecule has 3 aromatic rings. The number of aryl methyl sites for hydroxylation is 1. The summed E-state index contributed by atoms with van der Waals surface area (Å²) in [6, 6.07) is 1.82. The van der Waals surface area contributed by atoms with Gasteiger partial charge in [0, 0.05) is 19.2 Å². The Morgan fingerprint density at radius 1 is 1.29 bits per heavy atom. The molecule has 4 heterocycles. The molecule has 0 spiro atoms. The molecule has 1 unspecified atom stereocenters. The van der Waals surface area contributed by atoms with Crippen molar-refractivity contribution in [3.63, 3.8) is 0 Å². The maximum atomic E-state index is 12.9. The average Bonchev–Trinajstić information content (AvgIpc) is 3.44. The van der Waals surface area contributed by atoms with Crippen molar-refractivity contribution in [2.24, 2.45) is 5.92 Å². The van der Waals surface area contributed by atoms with E-state index in [1.165, 1.54) is 12.7 Å². The van der Waals surface area contributed by atoms with Crippen LogP contribution < -0.4 is 10.2 Å². The summed E-state index contributed by atoms with van der Waals surface area (Å²) < 4.78 is 6.59. The van der Waals surface area contributed by atoms with Crippen LogP contribution in [0.4, 0.5) is 10.9 Å². The molecule has 0 aromatic carbocycles. The summed E-state index contributed by atoms with van der Waals surface area (Å²) in [4.78, 5) is 44.1. The molecular weight excluding hydrogens is 420 g/mol. The number of nitrogens with zero attached hydrogens (tertiary/aromatic N) is 7. The molecule has 1 atom stereocenters. The van der Waals surface area contributed by atoms with Gasteiger partial charge in [0.15, 0.2) is 10.9 Å². The van der Waals surface area contributed by atoms with Crippen LogP contribution in [0.5, 0.6) is 0 Å². The Bertz CT molecular complexity index is 1070. The van der Waals surface area contributed by atoms with Gasteiger partial charge in [-0.25, -0.2) is 29.4 Å². The molecule has 1 N–H and O–H groups in total. The standard InChI is InChI=1S/C19H22N8O3S/c1-3-30-18(29)16-12(2)24-19(31-16)25-17(28)13-5-4-6-26(8-13)14-7-15(22-10-21-14)27-11-20-9-23-27/h7,9-11,13H,3-6,8H2,1-2H3,(H,24,25,28). The van der Waals surface area contributed by atoms with Gasteiger partial charge in [0.1, 0.15) is 29.7 Å². The zero-order valence-corrected chi connectivity index (χ0v) is 18.0. The van der Waals surface area contributed by atoms with Crippen molar-refractivity contribution in [2.75, 3.05) is 29.9 Å². The lowest BCUT2D eigenvalue weighted by atomic mass is 9.97. The molecule has 3 aromatic heterocycles. The number of amides is 1. The Morgan fingerprint density at radius 2 is 2.13 bits per heavy atom. The fraction of sp³-hybridized carbons (Fsp3) is 0.421. The minimum atomic E-state index is -0.422. The number of carbonyl (C=O) groups is 2.